The van der Waals surface area contributed by atoms with Gasteiger partial charge in [0, 0.05) is 36.7 Å². The number of aromatic nitrogens is 3. The molecule has 1 aliphatic rings. The second-order valence-corrected chi connectivity index (χ2v) is 3.60. The molecular formula is C10H12N4. The minimum absolute atomic E-state index is 0.540. The van der Waals surface area contributed by atoms with Crippen LogP contribution in [0.25, 0.3) is 11.3 Å². The van der Waals surface area contributed by atoms with Crippen LogP contribution < -0.4 is 5.32 Å². The largest absolute Gasteiger partial charge is 0.361 e. The van der Waals surface area contributed by atoms with Gasteiger partial charge >= 0.3 is 0 Å². The molecule has 0 amide bonds. The zero-order chi connectivity index (χ0) is 9.38. The maximum atomic E-state index is 4.35. The second-order valence-electron chi connectivity index (χ2n) is 3.60. The first-order valence-electron chi connectivity index (χ1n) is 4.82. The van der Waals surface area contributed by atoms with E-state index in [1.54, 1.807) is 0 Å². The van der Waals surface area contributed by atoms with E-state index < -0.39 is 0 Å². The summed E-state index contributed by atoms with van der Waals surface area (Å²) in [6.45, 7) is 2.07. The monoisotopic (exact) mass is 188 g/mol. The van der Waals surface area contributed by atoms with Crippen molar-refractivity contribution in [3.8, 4) is 11.3 Å². The van der Waals surface area contributed by atoms with Crippen LogP contribution in [0.15, 0.2) is 30.7 Å². The molecule has 0 unspecified atom stereocenters. The molecule has 2 aromatic heterocycles. The van der Waals surface area contributed by atoms with Crippen molar-refractivity contribution < 1.29 is 0 Å². The summed E-state index contributed by atoms with van der Waals surface area (Å²) in [5, 5.41) is 7.59. The number of rotatable bonds is 2. The minimum Gasteiger partial charge on any atom is -0.361 e. The molecular weight excluding hydrogens is 176 g/mol. The Hall–Kier alpha value is -1.55. The summed E-state index contributed by atoms with van der Waals surface area (Å²) in [4.78, 5) is 3.17. The van der Waals surface area contributed by atoms with Crippen LogP contribution in [0.3, 0.4) is 0 Å². The molecule has 0 atom stereocenters. The number of H-pyrrole nitrogens is 1. The van der Waals surface area contributed by atoms with Gasteiger partial charge < -0.3 is 10.3 Å². The molecule has 1 fully saturated rings. The van der Waals surface area contributed by atoms with Crippen LogP contribution in [-0.2, 0) is 0 Å². The molecule has 0 saturated carbocycles. The lowest BCUT2D eigenvalue weighted by atomic mass is 10.2. The summed E-state index contributed by atoms with van der Waals surface area (Å²) >= 11 is 0. The quantitative estimate of drug-likeness (QED) is 0.739. The highest BCUT2D eigenvalue weighted by Crippen LogP contribution is 2.18. The molecule has 1 aliphatic heterocycles. The van der Waals surface area contributed by atoms with Crippen molar-refractivity contribution in [2.24, 2.45) is 0 Å². The van der Waals surface area contributed by atoms with E-state index >= 15 is 0 Å². The van der Waals surface area contributed by atoms with Crippen LogP contribution in [0, 0.1) is 0 Å². The Morgan fingerprint density at radius 3 is 3.00 bits per heavy atom. The van der Waals surface area contributed by atoms with Gasteiger partial charge in [0.1, 0.15) is 0 Å². The van der Waals surface area contributed by atoms with Gasteiger partial charge in [-0.15, -0.1) is 0 Å². The van der Waals surface area contributed by atoms with Gasteiger partial charge in [-0.1, -0.05) is 0 Å². The maximum absolute atomic E-state index is 4.35. The predicted octanol–water partition coefficient (Wildman–Crippen LogP) is 1.02. The SMILES string of the molecule is c1c[nH]c(-c2cnn(C3CNC3)c2)c1. The Kier molecular flexibility index (Phi) is 1.67. The fourth-order valence-corrected chi connectivity index (χ4v) is 1.65. The van der Waals surface area contributed by atoms with Gasteiger partial charge in [-0.2, -0.15) is 5.10 Å². The van der Waals surface area contributed by atoms with Crippen molar-refractivity contribution in [1.82, 2.24) is 20.1 Å². The van der Waals surface area contributed by atoms with Gasteiger partial charge in [0.15, 0.2) is 0 Å². The minimum atomic E-state index is 0.540. The Morgan fingerprint density at radius 1 is 1.43 bits per heavy atom. The number of aromatic amines is 1. The zero-order valence-corrected chi connectivity index (χ0v) is 7.77. The summed E-state index contributed by atoms with van der Waals surface area (Å²) < 4.78 is 2.03. The highest BCUT2D eigenvalue weighted by Gasteiger charge is 2.19. The van der Waals surface area contributed by atoms with Crippen LogP contribution in [-0.4, -0.2) is 27.9 Å². The summed E-state index contributed by atoms with van der Waals surface area (Å²) in [5.74, 6) is 0. The highest BCUT2D eigenvalue weighted by molar-refractivity contribution is 5.56. The number of hydrogen-bond acceptors (Lipinski definition) is 2. The third-order valence-corrected chi connectivity index (χ3v) is 2.64. The van der Waals surface area contributed by atoms with Crippen LogP contribution in [0.1, 0.15) is 6.04 Å². The van der Waals surface area contributed by atoms with E-state index in [2.05, 4.69) is 27.7 Å². The first-order chi connectivity index (χ1) is 6.93. The molecule has 3 heterocycles. The van der Waals surface area contributed by atoms with Crippen LogP contribution >= 0.6 is 0 Å². The molecule has 14 heavy (non-hydrogen) atoms. The zero-order valence-electron chi connectivity index (χ0n) is 7.77. The molecule has 72 valence electrons. The number of hydrogen-bond donors (Lipinski definition) is 2. The third kappa shape index (κ3) is 1.15. The standard InChI is InChI=1S/C10H12N4/c1-2-10(12-3-1)8-4-13-14(7-8)9-5-11-6-9/h1-4,7,9,11-12H,5-6H2. The maximum Gasteiger partial charge on any atom is 0.0767 e. The van der Waals surface area contributed by atoms with Crippen molar-refractivity contribution in [1.29, 1.82) is 0 Å². The molecule has 4 nitrogen and oxygen atoms in total. The van der Waals surface area contributed by atoms with E-state index in [1.807, 2.05) is 23.1 Å². The molecule has 2 N–H and O–H groups in total. The van der Waals surface area contributed by atoms with Gasteiger partial charge in [0.05, 0.1) is 12.2 Å². The highest BCUT2D eigenvalue weighted by atomic mass is 15.3. The van der Waals surface area contributed by atoms with E-state index in [9.17, 15) is 0 Å². The van der Waals surface area contributed by atoms with Crippen molar-refractivity contribution in [2.45, 2.75) is 6.04 Å². The van der Waals surface area contributed by atoms with Crippen molar-refractivity contribution >= 4 is 0 Å². The topological polar surface area (TPSA) is 45.6 Å². The van der Waals surface area contributed by atoms with Crippen molar-refractivity contribution in [3.05, 3.63) is 30.7 Å². The Bertz CT molecular complexity index is 411. The van der Waals surface area contributed by atoms with E-state index in [1.165, 1.54) is 0 Å². The lowest BCUT2D eigenvalue weighted by Gasteiger charge is -2.27. The lowest BCUT2D eigenvalue weighted by Crippen LogP contribution is -2.43. The van der Waals surface area contributed by atoms with Crippen LogP contribution in [0.4, 0.5) is 0 Å². The van der Waals surface area contributed by atoms with Gasteiger partial charge in [-0.05, 0) is 12.1 Å². The van der Waals surface area contributed by atoms with Crippen LogP contribution in [0.5, 0.6) is 0 Å². The number of nitrogens with zero attached hydrogens (tertiary/aromatic N) is 2. The normalized spacial score (nSPS) is 16.9. The van der Waals surface area contributed by atoms with E-state index in [4.69, 9.17) is 0 Å². The molecule has 0 aliphatic carbocycles. The van der Waals surface area contributed by atoms with Crippen molar-refractivity contribution in [3.63, 3.8) is 0 Å². The molecule has 0 spiro atoms. The summed E-state index contributed by atoms with van der Waals surface area (Å²) in [5.41, 5.74) is 2.28. The van der Waals surface area contributed by atoms with E-state index in [0.29, 0.717) is 6.04 Å². The molecule has 0 aromatic carbocycles. The molecule has 2 aromatic rings. The van der Waals surface area contributed by atoms with Gasteiger partial charge in [0.2, 0.25) is 0 Å². The smallest absolute Gasteiger partial charge is 0.0767 e. The predicted molar refractivity (Wildman–Crippen MR) is 53.9 cm³/mol. The van der Waals surface area contributed by atoms with Gasteiger partial charge in [0.25, 0.3) is 0 Å². The van der Waals surface area contributed by atoms with Gasteiger partial charge in [-0.25, -0.2) is 0 Å². The fourth-order valence-electron chi connectivity index (χ4n) is 1.65. The Morgan fingerprint density at radius 2 is 2.36 bits per heavy atom. The Balaban J connectivity index is 1.90. The van der Waals surface area contributed by atoms with Gasteiger partial charge in [-0.3, -0.25) is 4.68 Å². The van der Waals surface area contributed by atoms with Crippen molar-refractivity contribution in [2.75, 3.05) is 13.1 Å². The average Bonchev–Trinajstić information content (AvgIpc) is 2.65. The Labute approximate surface area is 81.9 Å². The number of nitrogens with one attached hydrogen (secondary N) is 2. The molecule has 4 heteroatoms. The molecule has 0 bridgehead atoms. The lowest BCUT2D eigenvalue weighted by molar-refractivity contribution is 0.318. The average molecular weight is 188 g/mol. The first kappa shape index (κ1) is 7.82. The molecule has 1 saturated heterocycles. The van der Waals surface area contributed by atoms with Crippen LogP contribution in [0.2, 0.25) is 0 Å². The van der Waals surface area contributed by atoms with E-state index in [-0.39, 0.29) is 0 Å². The second kappa shape index (κ2) is 2.99. The summed E-state index contributed by atoms with van der Waals surface area (Å²) in [6.07, 6.45) is 5.93. The van der Waals surface area contributed by atoms with E-state index in [0.717, 1.165) is 24.3 Å². The molecule has 0 radical (unpaired) electrons. The fraction of sp³-hybridized carbons (Fsp3) is 0.300. The molecule has 3 rings (SSSR count). The first-order valence-corrected chi connectivity index (χ1v) is 4.82. The summed E-state index contributed by atoms with van der Waals surface area (Å²) in [6, 6.07) is 4.59. The third-order valence-electron chi connectivity index (χ3n) is 2.64. The summed E-state index contributed by atoms with van der Waals surface area (Å²) in [7, 11) is 0.